The molecule has 21 heavy (non-hydrogen) atoms. The van der Waals surface area contributed by atoms with E-state index in [4.69, 9.17) is 18.9 Å². The van der Waals surface area contributed by atoms with Gasteiger partial charge in [0, 0.05) is 19.4 Å². The molecule has 4 aliphatic rings. The van der Waals surface area contributed by atoms with E-state index in [0.717, 1.165) is 38.7 Å². The quantitative estimate of drug-likeness (QED) is 0.697. The molecule has 4 rings (SSSR count). The molecule has 0 aromatic carbocycles. The molecule has 3 fully saturated rings. The van der Waals surface area contributed by atoms with Crippen molar-refractivity contribution in [3.63, 3.8) is 0 Å². The lowest BCUT2D eigenvalue weighted by Crippen LogP contribution is -2.41. The Morgan fingerprint density at radius 1 is 0.952 bits per heavy atom. The van der Waals surface area contributed by atoms with Crippen LogP contribution in [0.1, 0.15) is 51.4 Å². The molecule has 0 unspecified atom stereocenters. The van der Waals surface area contributed by atoms with E-state index in [-0.39, 0.29) is 30.2 Å². The third kappa shape index (κ3) is 2.91. The van der Waals surface area contributed by atoms with E-state index in [2.05, 4.69) is 12.2 Å². The summed E-state index contributed by atoms with van der Waals surface area (Å²) in [6, 6.07) is 0. The van der Waals surface area contributed by atoms with E-state index < -0.39 is 0 Å². The molecule has 0 aromatic rings. The predicted molar refractivity (Wildman–Crippen MR) is 78.0 cm³/mol. The largest absolute Gasteiger partial charge is 0.375 e. The summed E-state index contributed by atoms with van der Waals surface area (Å²) in [4.78, 5) is 0. The van der Waals surface area contributed by atoms with Gasteiger partial charge < -0.3 is 18.9 Å². The standard InChI is InChI=1S/C17H26O4/c1-2-9-17(10-3-1)19-12-16(21-17)15-7-4-6-13-14(20-15)8-5-11-18-13/h4,7,13-16H,1-3,5-6,8-12H2/t13-,14+,15+,16-/m0/s1. The zero-order valence-corrected chi connectivity index (χ0v) is 12.7. The molecule has 2 saturated heterocycles. The number of rotatable bonds is 1. The third-order valence-corrected chi connectivity index (χ3v) is 5.26. The summed E-state index contributed by atoms with van der Waals surface area (Å²) >= 11 is 0. The first-order valence-corrected chi connectivity index (χ1v) is 8.60. The molecule has 3 aliphatic heterocycles. The summed E-state index contributed by atoms with van der Waals surface area (Å²) in [6.07, 6.45) is 13.8. The minimum Gasteiger partial charge on any atom is -0.375 e. The van der Waals surface area contributed by atoms with Crippen molar-refractivity contribution in [3.8, 4) is 0 Å². The van der Waals surface area contributed by atoms with Crippen molar-refractivity contribution in [3.05, 3.63) is 12.2 Å². The molecule has 0 amide bonds. The summed E-state index contributed by atoms with van der Waals surface area (Å²) in [5.41, 5.74) is 0. The summed E-state index contributed by atoms with van der Waals surface area (Å²) < 4.78 is 24.5. The Labute approximate surface area is 126 Å². The highest BCUT2D eigenvalue weighted by Crippen LogP contribution is 2.39. The second-order valence-electron chi connectivity index (χ2n) is 6.79. The van der Waals surface area contributed by atoms with Crippen LogP contribution in [-0.4, -0.2) is 43.4 Å². The fourth-order valence-electron chi connectivity index (χ4n) is 4.09. The fraction of sp³-hybridized carbons (Fsp3) is 0.882. The molecule has 4 nitrogen and oxygen atoms in total. The highest BCUT2D eigenvalue weighted by Gasteiger charge is 2.45. The molecular weight excluding hydrogens is 268 g/mol. The predicted octanol–water partition coefficient (Wildman–Crippen LogP) is 2.95. The van der Waals surface area contributed by atoms with Crippen molar-refractivity contribution in [2.24, 2.45) is 0 Å². The molecule has 1 saturated carbocycles. The Balaban J connectivity index is 1.42. The van der Waals surface area contributed by atoms with Crippen LogP contribution in [0.5, 0.6) is 0 Å². The maximum Gasteiger partial charge on any atom is 0.169 e. The monoisotopic (exact) mass is 294 g/mol. The van der Waals surface area contributed by atoms with Gasteiger partial charge in [-0.05, 0) is 32.1 Å². The molecule has 3 heterocycles. The van der Waals surface area contributed by atoms with Crippen LogP contribution in [0.4, 0.5) is 0 Å². The number of hydrogen-bond acceptors (Lipinski definition) is 4. The van der Waals surface area contributed by atoms with E-state index in [1.165, 1.54) is 19.3 Å². The molecule has 0 bridgehead atoms. The Hall–Kier alpha value is -0.420. The summed E-state index contributed by atoms with van der Waals surface area (Å²) in [5, 5.41) is 0. The van der Waals surface area contributed by atoms with E-state index in [1.807, 2.05) is 0 Å². The lowest BCUT2D eigenvalue weighted by atomic mass is 9.94. The van der Waals surface area contributed by atoms with Crippen molar-refractivity contribution in [2.75, 3.05) is 13.2 Å². The molecule has 4 heteroatoms. The van der Waals surface area contributed by atoms with Gasteiger partial charge in [-0.25, -0.2) is 0 Å². The molecular formula is C17H26O4. The Morgan fingerprint density at radius 3 is 2.76 bits per heavy atom. The van der Waals surface area contributed by atoms with Crippen molar-refractivity contribution >= 4 is 0 Å². The fourth-order valence-corrected chi connectivity index (χ4v) is 4.09. The lowest BCUT2D eigenvalue weighted by Gasteiger charge is -2.34. The summed E-state index contributed by atoms with van der Waals surface area (Å²) in [5.74, 6) is -0.311. The van der Waals surface area contributed by atoms with Crippen molar-refractivity contribution in [2.45, 2.75) is 81.6 Å². The molecule has 1 spiro atoms. The normalized spacial score (nSPS) is 42.7. The number of hydrogen-bond donors (Lipinski definition) is 0. The average molecular weight is 294 g/mol. The molecule has 4 atom stereocenters. The van der Waals surface area contributed by atoms with Crippen molar-refractivity contribution < 1.29 is 18.9 Å². The number of ether oxygens (including phenoxy) is 4. The summed E-state index contributed by atoms with van der Waals surface area (Å²) in [6.45, 7) is 1.53. The van der Waals surface area contributed by atoms with Gasteiger partial charge in [0.05, 0.1) is 18.8 Å². The van der Waals surface area contributed by atoms with Crippen LogP contribution in [0.25, 0.3) is 0 Å². The maximum atomic E-state index is 6.33. The lowest BCUT2D eigenvalue weighted by molar-refractivity contribution is -0.203. The van der Waals surface area contributed by atoms with Crippen LogP contribution in [-0.2, 0) is 18.9 Å². The van der Waals surface area contributed by atoms with Gasteiger partial charge in [0.1, 0.15) is 12.2 Å². The maximum absolute atomic E-state index is 6.33. The van der Waals surface area contributed by atoms with Crippen LogP contribution in [0, 0.1) is 0 Å². The van der Waals surface area contributed by atoms with Gasteiger partial charge in [0.25, 0.3) is 0 Å². The first kappa shape index (κ1) is 14.2. The first-order chi connectivity index (χ1) is 10.3. The third-order valence-electron chi connectivity index (χ3n) is 5.26. The minimum absolute atomic E-state index is 0.0167. The minimum atomic E-state index is -0.311. The molecule has 0 N–H and O–H groups in total. The van der Waals surface area contributed by atoms with Gasteiger partial charge in [-0.2, -0.15) is 0 Å². The van der Waals surface area contributed by atoms with Crippen LogP contribution in [0.2, 0.25) is 0 Å². The molecule has 0 aromatic heterocycles. The van der Waals surface area contributed by atoms with Crippen LogP contribution in [0.15, 0.2) is 12.2 Å². The Morgan fingerprint density at radius 2 is 1.86 bits per heavy atom. The van der Waals surface area contributed by atoms with Crippen molar-refractivity contribution in [1.82, 2.24) is 0 Å². The molecule has 0 radical (unpaired) electrons. The zero-order valence-electron chi connectivity index (χ0n) is 12.7. The van der Waals surface area contributed by atoms with Crippen LogP contribution < -0.4 is 0 Å². The Kier molecular flexibility index (Phi) is 4.05. The second-order valence-corrected chi connectivity index (χ2v) is 6.79. The van der Waals surface area contributed by atoms with E-state index >= 15 is 0 Å². The molecule has 1 aliphatic carbocycles. The number of fused-ring (bicyclic) bond motifs is 1. The van der Waals surface area contributed by atoms with Gasteiger partial charge in [-0.1, -0.05) is 18.6 Å². The smallest absolute Gasteiger partial charge is 0.169 e. The van der Waals surface area contributed by atoms with Gasteiger partial charge in [0.2, 0.25) is 0 Å². The van der Waals surface area contributed by atoms with E-state index in [9.17, 15) is 0 Å². The molecule has 118 valence electrons. The topological polar surface area (TPSA) is 36.9 Å². The van der Waals surface area contributed by atoms with Crippen molar-refractivity contribution in [1.29, 1.82) is 0 Å². The SMILES string of the molecule is C1=C[C@H]([C@@H]2COC3(CCCCC3)O2)O[C@@H]2CCCO[C@H]2C1. The van der Waals surface area contributed by atoms with Gasteiger partial charge in [-0.3, -0.25) is 0 Å². The Bertz CT molecular complexity index is 388. The van der Waals surface area contributed by atoms with Gasteiger partial charge >= 0.3 is 0 Å². The highest BCUT2D eigenvalue weighted by atomic mass is 16.8. The van der Waals surface area contributed by atoms with Crippen LogP contribution >= 0.6 is 0 Å². The van der Waals surface area contributed by atoms with E-state index in [1.54, 1.807) is 0 Å². The van der Waals surface area contributed by atoms with Gasteiger partial charge in [-0.15, -0.1) is 0 Å². The van der Waals surface area contributed by atoms with Crippen LogP contribution in [0.3, 0.4) is 0 Å². The van der Waals surface area contributed by atoms with Gasteiger partial charge in [0.15, 0.2) is 5.79 Å². The highest BCUT2D eigenvalue weighted by molar-refractivity contribution is 5.02. The average Bonchev–Trinajstić information content (AvgIpc) is 2.80. The first-order valence-electron chi connectivity index (χ1n) is 8.60. The second kappa shape index (κ2) is 5.99. The zero-order chi connectivity index (χ0) is 14.1. The van der Waals surface area contributed by atoms with E-state index in [0.29, 0.717) is 6.61 Å². The summed E-state index contributed by atoms with van der Waals surface area (Å²) in [7, 11) is 0.